The van der Waals surface area contributed by atoms with Crippen LogP contribution in [0, 0.1) is 12.8 Å². The molecule has 0 amide bonds. The predicted molar refractivity (Wildman–Crippen MR) is 84.0 cm³/mol. The summed E-state index contributed by atoms with van der Waals surface area (Å²) in [6, 6.07) is 9.47. The first-order valence-electron chi connectivity index (χ1n) is 7.66. The molecule has 1 aromatic heterocycles. The first-order valence-corrected chi connectivity index (χ1v) is 7.66. The van der Waals surface area contributed by atoms with Gasteiger partial charge in [-0.05, 0) is 19.1 Å². The number of para-hydroxylation sites is 1. The summed E-state index contributed by atoms with van der Waals surface area (Å²) in [5.74, 6) is 0.0937. The van der Waals surface area contributed by atoms with Gasteiger partial charge in [-0.2, -0.15) is 0 Å². The molecule has 0 radical (unpaired) electrons. The van der Waals surface area contributed by atoms with E-state index in [9.17, 15) is 15.3 Å². The Morgan fingerprint density at radius 3 is 2.70 bits per heavy atom. The third-order valence-electron chi connectivity index (χ3n) is 4.25. The average Bonchev–Trinajstić information content (AvgIpc) is 2.55. The van der Waals surface area contributed by atoms with E-state index >= 15 is 0 Å². The summed E-state index contributed by atoms with van der Waals surface area (Å²) in [5.41, 5.74) is 1.58. The lowest BCUT2D eigenvalue weighted by molar-refractivity contribution is -0.256. The molecule has 1 fully saturated rings. The van der Waals surface area contributed by atoms with Gasteiger partial charge in [0.1, 0.15) is 23.5 Å². The molecule has 23 heavy (non-hydrogen) atoms. The third-order valence-corrected chi connectivity index (χ3v) is 4.25. The number of fused-ring (bicyclic) bond motifs is 1. The Kier molecular flexibility index (Phi) is 4.50. The number of ether oxygens (including phenoxy) is 2. The van der Waals surface area contributed by atoms with E-state index in [1.807, 2.05) is 31.2 Å². The van der Waals surface area contributed by atoms with E-state index in [1.54, 1.807) is 13.0 Å². The Morgan fingerprint density at radius 1 is 1.17 bits per heavy atom. The molecule has 0 saturated carbocycles. The van der Waals surface area contributed by atoms with Crippen LogP contribution >= 0.6 is 0 Å². The van der Waals surface area contributed by atoms with E-state index < -0.39 is 37.1 Å². The predicted octanol–water partition coefficient (Wildman–Crippen LogP) is 0.997. The van der Waals surface area contributed by atoms with Crippen LogP contribution in [0.1, 0.15) is 12.6 Å². The molecule has 1 aliphatic heterocycles. The molecular weight excluding hydrogens is 298 g/mol. The molecule has 2 heterocycles. The van der Waals surface area contributed by atoms with Crippen molar-refractivity contribution in [1.82, 2.24) is 4.98 Å². The standard InChI is InChI=1S/C17H21NO5/c1-9-6-7-11-4-3-5-12(14(11)18-9)22-17-10(2)15(20)16(21)13(8-19)23-17/h3-7,10,13,15-17,19-21H,8H2,1-2H3/t10?,13?,15-,16+,17-/m1/s1. The minimum Gasteiger partial charge on any atom is -0.462 e. The maximum Gasteiger partial charge on any atom is 0.205 e. The van der Waals surface area contributed by atoms with Gasteiger partial charge in [0.25, 0.3) is 0 Å². The lowest BCUT2D eigenvalue weighted by Crippen LogP contribution is -2.56. The van der Waals surface area contributed by atoms with Crippen molar-refractivity contribution in [2.45, 2.75) is 38.4 Å². The van der Waals surface area contributed by atoms with Gasteiger partial charge in [-0.25, -0.2) is 4.98 Å². The number of benzene rings is 1. The van der Waals surface area contributed by atoms with Crippen LogP contribution in [0.3, 0.4) is 0 Å². The molecule has 2 unspecified atom stereocenters. The number of rotatable bonds is 3. The van der Waals surface area contributed by atoms with Crippen LogP contribution in [0.25, 0.3) is 10.9 Å². The van der Waals surface area contributed by atoms with Gasteiger partial charge in [0.05, 0.1) is 12.7 Å². The van der Waals surface area contributed by atoms with E-state index in [0.29, 0.717) is 11.3 Å². The maximum absolute atomic E-state index is 10.1. The van der Waals surface area contributed by atoms with Crippen molar-refractivity contribution in [1.29, 1.82) is 0 Å². The molecule has 0 bridgehead atoms. The molecule has 1 saturated heterocycles. The molecule has 124 valence electrons. The van der Waals surface area contributed by atoms with Crippen LogP contribution in [0.15, 0.2) is 30.3 Å². The Hall–Kier alpha value is -1.73. The van der Waals surface area contributed by atoms with Gasteiger partial charge in [0, 0.05) is 17.0 Å². The van der Waals surface area contributed by atoms with Crippen molar-refractivity contribution in [3.63, 3.8) is 0 Å². The van der Waals surface area contributed by atoms with Gasteiger partial charge >= 0.3 is 0 Å². The number of aryl methyl sites for hydroxylation is 1. The highest BCUT2D eigenvalue weighted by molar-refractivity contribution is 5.84. The Bertz CT molecular complexity index is 690. The number of nitrogens with zero attached hydrogens (tertiary/aromatic N) is 1. The van der Waals surface area contributed by atoms with E-state index in [0.717, 1.165) is 11.1 Å². The lowest BCUT2D eigenvalue weighted by atomic mass is 9.92. The number of aliphatic hydroxyl groups excluding tert-OH is 3. The topological polar surface area (TPSA) is 92.0 Å². The Balaban J connectivity index is 1.90. The van der Waals surface area contributed by atoms with E-state index in [2.05, 4.69) is 4.98 Å². The monoisotopic (exact) mass is 319 g/mol. The van der Waals surface area contributed by atoms with E-state index in [4.69, 9.17) is 9.47 Å². The van der Waals surface area contributed by atoms with Crippen LogP contribution in [0.4, 0.5) is 0 Å². The minimum atomic E-state index is -1.14. The van der Waals surface area contributed by atoms with Crippen LogP contribution in [0.5, 0.6) is 5.75 Å². The highest BCUT2D eigenvalue weighted by Gasteiger charge is 2.43. The molecule has 6 nitrogen and oxygen atoms in total. The highest BCUT2D eigenvalue weighted by atomic mass is 16.7. The second-order valence-electron chi connectivity index (χ2n) is 5.96. The Morgan fingerprint density at radius 2 is 1.96 bits per heavy atom. The van der Waals surface area contributed by atoms with E-state index in [1.165, 1.54) is 0 Å². The molecule has 1 aromatic carbocycles. The summed E-state index contributed by atoms with van der Waals surface area (Å²) < 4.78 is 11.5. The van der Waals surface area contributed by atoms with Crippen LogP contribution < -0.4 is 4.74 Å². The van der Waals surface area contributed by atoms with Crippen LogP contribution in [0.2, 0.25) is 0 Å². The molecule has 3 N–H and O–H groups in total. The molecule has 2 aromatic rings. The first kappa shape index (κ1) is 16.1. The summed E-state index contributed by atoms with van der Waals surface area (Å²) >= 11 is 0. The molecule has 5 atom stereocenters. The largest absolute Gasteiger partial charge is 0.462 e. The lowest BCUT2D eigenvalue weighted by Gasteiger charge is -2.40. The van der Waals surface area contributed by atoms with Gasteiger partial charge in [0.15, 0.2) is 0 Å². The van der Waals surface area contributed by atoms with E-state index in [-0.39, 0.29) is 0 Å². The van der Waals surface area contributed by atoms with Crippen molar-refractivity contribution >= 4 is 10.9 Å². The molecular formula is C17H21NO5. The Labute approximate surface area is 134 Å². The molecule has 6 heteroatoms. The van der Waals surface area contributed by atoms with Crippen molar-refractivity contribution in [2.24, 2.45) is 5.92 Å². The zero-order valence-corrected chi connectivity index (χ0v) is 13.1. The maximum atomic E-state index is 10.1. The fraction of sp³-hybridized carbons (Fsp3) is 0.471. The van der Waals surface area contributed by atoms with Crippen molar-refractivity contribution in [3.05, 3.63) is 36.0 Å². The SMILES string of the molecule is Cc1ccc2cccc(O[C@@H]3OC(CO)[C@H](O)[C@H](O)C3C)c2n1. The van der Waals surface area contributed by atoms with Gasteiger partial charge in [-0.15, -0.1) is 0 Å². The fourth-order valence-electron chi connectivity index (χ4n) is 2.79. The van der Waals surface area contributed by atoms with Crippen molar-refractivity contribution < 1.29 is 24.8 Å². The molecule has 0 spiro atoms. The number of hydrogen-bond donors (Lipinski definition) is 3. The molecule has 0 aliphatic carbocycles. The number of aromatic nitrogens is 1. The smallest absolute Gasteiger partial charge is 0.205 e. The van der Waals surface area contributed by atoms with Gasteiger partial charge in [0.2, 0.25) is 6.29 Å². The average molecular weight is 319 g/mol. The summed E-state index contributed by atoms with van der Waals surface area (Å²) in [6.07, 6.45) is -3.83. The number of aliphatic hydroxyl groups is 3. The zero-order chi connectivity index (χ0) is 16.6. The molecule has 3 rings (SSSR count). The summed E-state index contributed by atoms with van der Waals surface area (Å²) in [7, 11) is 0. The summed E-state index contributed by atoms with van der Waals surface area (Å²) in [5, 5.41) is 30.2. The summed E-state index contributed by atoms with van der Waals surface area (Å²) in [4.78, 5) is 4.50. The zero-order valence-electron chi connectivity index (χ0n) is 13.1. The van der Waals surface area contributed by atoms with Crippen molar-refractivity contribution in [3.8, 4) is 5.75 Å². The highest BCUT2D eigenvalue weighted by Crippen LogP contribution is 2.31. The number of hydrogen-bond acceptors (Lipinski definition) is 6. The quantitative estimate of drug-likeness (QED) is 0.781. The van der Waals surface area contributed by atoms with Gasteiger partial charge in [-0.3, -0.25) is 0 Å². The van der Waals surface area contributed by atoms with Crippen molar-refractivity contribution in [2.75, 3.05) is 6.61 Å². The van der Waals surface area contributed by atoms with Crippen LogP contribution in [-0.2, 0) is 4.74 Å². The minimum absolute atomic E-state index is 0.391. The van der Waals surface area contributed by atoms with Crippen LogP contribution in [-0.4, -0.2) is 51.5 Å². The van der Waals surface area contributed by atoms with Gasteiger partial charge < -0.3 is 24.8 Å². The number of pyridine rings is 1. The third kappa shape index (κ3) is 3.03. The normalized spacial score (nSPS) is 31.3. The summed E-state index contributed by atoms with van der Waals surface area (Å²) in [6.45, 7) is 3.24. The molecule has 1 aliphatic rings. The first-order chi connectivity index (χ1) is 11.0. The second-order valence-corrected chi connectivity index (χ2v) is 5.96. The fourth-order valence-corrected chi connectivity index (χ4v) is 2.79. The van der Waals surface area contributed by atoms with Gasteiger partial charge in [-0.1, -0.05) is 25.1 Å². The second kappa shape index (κ2) is 6.41.